The lowest BCUT2D eigenvalue weighted by atomic mass is 9.94. The van der Waals surface area contributed by atoms with E-state index in [1.165, 1.54) is 44.9 Å². The standard InChI is InChI=1S/C14H26N2O/c1-2-15(13-8-4-3-5-9-13)12-14(17)16-10-6-7-11-16/h13H,2-12H2,1H3. The second-order valence-electron chi connectivity index (χ2n) is 5.44. The predicted molar refractivity (Wildman–Crippen MR) is 69.9 cm³/mol. The molecule has 1 amide bonds. The number of hydrogen-bond acceptors (Lipinski definition) is 2. The van der Waals surface area contributed by atoms with Gasteiger partial charge < -0.3 is 4.90 Å². The van der Waals surface area contributed by atoms with Gasteiger partial charge in [-0.15, -0.1) is 0 Å². The molecule has 2 rings (SSSR count). The third-order valence-electron chi connectivity index (χ3n) is 4.29. The van der Waals surface area contributed by atoms with Gasteiger partial charge in [0.1, 0.15) is 0 Å². The Morgan fingerprint density at radius 1 is 1.12 bits per heavy atom. The van der Waals surface area contributed by atoms with Crippen molar-refractivity contribution in [2.45, 2.75) is 57.9 Å². The summed E-state index contributed by atoms with van der Waals surface area (Å²) in [6.07, 6.45) is 9.05. The molecule has 0 aromatic heterocycles. The number of rotatable bonds is 4. The molecule has 1 heterocycles. The Balaban J connectivity index is 1.82. The zero-order valence-corrected chi connectivity index (χ0v) is 11.2. The van der Waals surface area contributed by atoms with Crippen LogP contribution in [-0.2, 0) is 4.79 Å². The average Bonchev–Trinajstić information content (AvgIpc) is 2.90. The van der Waals surface area contributed by atoms with E-state index in [-0.39, 0.29) is 0 Å². The molecule has 0 aromatic rings. The van der Waals surface area contributed by atoms with Gasteiger partial charge in [-0.25, -0.2) is 0 Å². The van der Waals surface area contributed by atoms with Crippen LogP contribution in [0.2, 0.25) is 0 Å². The third kappa shape index (κ3) is 3.44. The summed E-state index contributed by atoms with van der Waals surface area (Å²) >= 11 is 0. The van der Waals surface area contributed by atoms with Gasteiger partial charge in [0.15, 0.2) is 0 Å². The van der Waals surface area contributed by atoms with Gasteiger partial charge >= 0.3 is 0 Å². The van der Waals surface area contributed by atoms with Crippen molar-refractivity contribution < 1.29 is 4.79 Å². The molecule has 1 aliphatic heterocycles. The van der Waals surface area contributed by atoms with Gasteiger partial charge in [0.2, 0.25) is 5.91 Å². The van der Waals surface area contributed by atoms with Crippen molar-refractivity contribution in [2.24, 2.45) is 0 Å². The smallest absolute Gasteiger partial charge is 0.236 e. The largest absolute Gasteiger partial charge is 0.342 e. The fourth-order valence-electron chi connectivity index (χ4n) is 3.19. The Morgan fingerprint density at radius 3 is 2.35 bits per heavy atom. The molecule has 2 fully saturated rings. The van der Waals surface area contributed by atoms with Gasteiger partial charge in [-0.3, -0.25) is 9.69 Å². The maximum atomic E-state index is 12.1. The van der Waals surface area contributed by atoms with Crippen molar-refractivity contribution in [1.82, 2.24) is 9.80 Å². The first-order valence-electron chi connectivity index (χ1n) is 7.33. The Bertz CT molecular complexity index is 243. The van der Waals surface area contributed by atoms with Crippen LogP contribution in [0.15, 0.2) is 0 Å². The second-order valence-corrected chi connectivity index (χ2v) is 5.44. The molecule has 17 heavy (non-hydrogen) atoms. The Morgan fingerprint density at radius 2 is 1.76 bits per heavy atom. The van der Waals surface area contributed by atoms with E-state index in [1.807, 2.05) is 4.90 Å². The summed E-state index contributed by atoms with van der Waals surface area (Å²) in [5.41, 5.74) is 0. The molecule has 0 atom stereocenters. The highest BCUT2D eigenvalue weighted by molar-refractivity contribution is 5.78. The molecule has 2 aliphatic rings. The summed E-state index contributed by atoms with van der Waals surface area (Å²) in [7, 11) is 0. The first-order valence-corrected chi connectivity index (χ1v) is 7.33. The van der Waals surface area contributed by atoms with E-state index in [9.17, 15) is 4.79 Å². The van der Waals surface area contributed by atoms with Crippen LogP contribution in [-0.4, -0.2) is 47.9 Å². The highest BCUT2D eigenvalue weighted by atomic mass is 16.2. The average molecular weight is 238 g/mol. The van der Waals surface area contributed by atoms with Crippen molar-refractivity contribution in [3.05, 3.63) is 0 Å². The lowest BCUT2D eigenvalue weighted by Crippen LogP contribution is -2.44. The van der Waals surface area contributed by atoms with E-state index < -0.39 is 0 Å². The van der Waals surface area contributed by atoms with Crippen molar-refractivity contribution in [1.29, 1.82) is 0 Å². The molecule has 98 valence electrons. The Kier molecular flexibility index (Phi) is 4.84. The van der Waals surface area contributed by atoms with E-state index in [0.717, 1.165) is 19.6 Å². The molecule has 0 N–H and O–H groups in total. The summed E-state index contributed by atoms with van der Waals surface area (Å²) in [5.74, 6) is 0.356. The van der Waals surface area contributed by atoms with Gasteiger partial charge in [-0.05, 0) is 32.2 Å². The molecule has 3 heteroatoms. The van der Waals surface area contributed by atoms with E-state index >= 15 is 0 Å². The molecule has 1 saturated carbocycles. The normalized spacial score (nSPS) is 22.4. The molecule has 0 unspecified atom stereocenters. The second kappa shape index (κ2) is 6.39. The van der Waals surface area contributed by atoms with Crippen LogP contribution in [0.3, 0.4) is 0 Å². The van der Waals surface area contributed by atoms with Gasteiger partial charge in [0.25, 0.3) is 0 Å². The lowest BCUT2D eigenvalue weighted by Gasteiger charge is -2.34. The first kappa shape index (κ1) is 12.9. The number of carbonyl (C=O) groups excluding carboxylic acids is 1. The molecule has 3 nitrogen and oxygen atoms in total. The summed E-state index contributed by atoms with van der Waals surface area (Å²) < 4.78 is 0. The van der Waals surface area contributed by atoms with E-state index in [0.29, 0.717) is 18.5 Å². The fraction of sp³-hybridized carbons (Fsp3) is 0.929. The molecule has 0 radical (unpaired) electrons. The molecule has 0 aromatic carbocycles. The van der Waals surface area contributed by atoms with Crippen LogP contribution in [0.1, 0.15) is 51.9 Å². The Labute approximate surface area is 105 Å². The van der Waals surface area contributed by atoms with Crippen molar-refractivity contribution in [3.63, 3.8) is 0 Å². The monoisotopic (exact) mass is 238 g/mol. The van der Waals surface area contributed by atoms with Crippen LogP contribution in [0, 0.1) is 0 Å². The van der Waals surface area contributed by atoms with Crippen LogP contribution < -0.4 is 0 Å². The van der Waals surface area contributed by atoms with Gasteiger partial charge in [-0.2, -0.15) is 0 Å². The molecule has 0 bridgehead atoms. The topological polar surface area (TPSA) is 23.6 Å². The van der Waals surface area contributed by atoms with Gasteiger partial charge in [-0.1, -0.05) is 26.2 Å². The number of likely N-dealkylation sites (tertiary alicyclic amines) is 1. The maximum absolute atomic E-state index is 12.1. The molecule has 1 saturated heterocycles. The van der Waals surface area contributed by atoms with Crippen LogP contribution in [0.25, 0.3) is 0 Å². The molecule has 1 aliphatic carbocycles. The highest BCUT2D eigenvalue weighted by Crippen LogP contribution is 2.22. The molecule has 0 spiro atoms. The summed E-state index contributed by atoms with van der Waals surface area (Å²) in [6.45, 7) is 5.83. The van der Waals surface area contributed by atoms with Crippen LogP contribution in [0.5, 0.6) is 0 Å². The third-order valence-corrected chi connectivity index (χ3v) is 4.29. The zero-order valence-electron chi connectivity index (χ0n) is 11.2. The first-order chi connectivity index (χ1) is 8.31. The zero-order chi connectivity index (χ0) is 12.1. The number of likely N-dealkylation sites (N-methyl/N-ethyl adjacent to an activating group) is 1. The Hall–Kier alpha value is -0.570. The van der Waals surface area contributed by atoms with Crippen LogP contribution >= 0.6 is 0 Å². The quantitative estimate of drug-likeness (QED) is 0.750. The van der Waals surface area contributed by atoms with Gasteiger partial charge in [0, 0.05) is 19.1 Å². The number of nitrogens with zero attached hydrogens (tertiary/aromatic N) is 2. The number of amides is 1. The molecular weight excluding hydrogens is 212 g/mol. The summed E-state index contributed by atoms with van der Waals surface area (Å²) in [4.78, 5) is 16.6. The number of hydrogen-bond donors (Lipinski definition) is 0. The SMILES string of the molecule is CCN(CC(=O)N1CCCC1)C1CCCCC1. The van der Waals surface area contributed by atoms with Crippen LogP contribution in [0.4, 0.5) is 0 Å². The lowest BCUT2D eigenvalue weighted by molar-refractivity contribution is -0.132. The van der Waals surface area contributed by atoms with Gasteiger partial charge in [0.05, 0.1) is 6.54 Å². The maximum Gasteiger partial charge on any atom is 0.236 e. The van der Waals surface area contributed by atoms with Crippen molar-refractivity contribution in [2.75, 3.05) is 26.2 Å². The van der Waals surface area contributed by atoms with Crippen molar-refractivity contribution >= 4 is 5.91 Å². The van der Waals surface area contributed by atoms with Crippen molar-refractivity contribution in [3.8, 4) is 0 Å². The van der Waals surface area contributed by atoms with E-state index in [4.69, 9.17) is 0 Å². The molecular formula is C14H26N2O. The minimum Gasteiger partial charge on any atom is -0.342 e. The summed E-state index contributed by atoms with van der Waals surface area (Å²) in [5, 5.41) is 0. The van der Waals surface area contributed by atoms with E-state index in [2.05, 4.69) is 11.8 Å². The fourth-order valence-corrected chi connectivity index (χ4v) is 3.19. The number of carbonyl (C=O) groups is 1. The minimum atomic E-state index is 0.356. The highest BCUT2D eigenvalue weighted by Gasteiger charge is 2.25. The minimum absolute atomic E-state index is 0.356. The summed E-state index contributed by atoms with van der Waals surface area (Å²) in [6, 6.07) is 0.667. The predicted octanol–water partition coefficient (Wildman–Crippen LogP) is 2.26. The van der Waals surface area contributed by atoms with E-state index in [1.54, 1.807) is 0 Å².